The van der Waals surface area contributed by atoms with Crippen molar-refractivity contribution >= 4 is 5.69 Å². The number of nitrogens with zero attached hydrogens (tertiary/aromatic N) is 2. The summed E-state index contributed by atoms with van der Waals surface area (Å²) in [5, 5.41) is 30.4. The molecule has 0 bridgehead atoms. The van der Waals surface area contributed by atoms with E-state index < -0.39 is 11.0 Å². The molecule has 2 atom stereocenters. The molecule has 0 saturated carbocycles. The number of nitro groups is 1. The number of hydrogen-bond acceptors (Lipinski definition) is 5. The van der Waals surface area contributed by atoms with Crippen LogP contribution in [0.25, 0.3) is 0 Å². The average Bonchev–Trinajstić information content (AvgIpc) is 2.39. The summed E-state index contributed by atoms with van der Waals surface area (Å²) in [6, 6.07) is 6.05. The summed E-state index contributed by atoms with van der Waals surface area (Å²) < 4.78 is 0. The van der Waals surface area contributed by atoms with E-state index in [9.17, 15) is 20.3 Å². The third kappa shape index (κ3) is 3.73. The van der Waals surface area contributed by atoms with Crippen LogP contribution >= 0.6 is 0 Å². The molecular formula is C13H18N2O4. The first-order valence-electron chi connectivity index (χ1n) is 6.39. The molecule has 0 radical (unpaired) electrons. The summed E-state index contributed by atoms with van der Waals surface area (Å²) in [5.41, 5.74) is 0.518. The molecule has 0 amide bonds. The molecule has 6 nitrogen and oxygen atoms in total. The Hall–Kier alpha value is -1.50. The highest BCUT2D eigenvalue weighted by Gasteiger charge is 2.21. The van der Waals surface area contributed by atoms with E-state index >= 15 is 0 Å². The van der Waals surface area contributed by atoms with Gasteiger partial charge in [-0.1, -0.05) is 12.1 Å². The second-order valence-electron chi connectivity index (χ2n) is 4.92. The van der Waals surface area contributed by atoms with Gasteiger partial charge in [0.25, 0.3) is 5.69 Å². The molecule has 1 saturated heterocycles. The highest BCUT2D eigenvalue weighted by Crippen LogP contribution is 2.21. The van der Waals surface area contributed by atoms with Crippen LogP contribution in [0.2, 0.25) is 0 Å². The van der Waals surface area contributed by atoms with Crippen LogP contribution in [0.15, 0.2) is 24.3 Å². The maximum Gasteiger partial charge on any atom is 0.269 e. The van der Waals surface area contributed by atoms with Gasteiger partial charge in [0.2, 0.25) is 0 Å². The molecule has 104 valence electrons. The Kier molecular flexibility index (Phi) is 4.47. The Morgan fingerprint density at radius 2 is 2.32 bits per heavy atom. The van der Waals surface area contributed by atoms with Crippen molar-refractivity contribution in [3.05, 3.63) is 39.9 Å². The van der Waals surface area contributed by atoms with Gasteiger partial charge in [0.1, 0.15) is 0 Å². The normalized spacial score (nSPS) is 22.1. The summed E-state index contributed by atoms with van der Waals surface area (Å²) in [7, 11) is 0. The van der Waals surface area contributed by atoms with Gasteiger partial charge in [-0.3, -0.25) is 15.0 Å². The first kappa shape index (κ1) is 13.9. The maximum absolute atomic E-state index is 10.7. The number of non-ortho nitro benzene ring substituents is 1. The lowest BCUT2D eigenvalue weighted by Gasteiger charge is -2.31. The summed E-state index contributed by atoms with van der Waals surface area (Å²) >= 11 is 0. The highest BCUT2D eigenvalue weighted by molar-refractivity contribution is 5.35. The third-order valence-electron chi connectivity index (χ3n) is 3.38. The number of rotatable bonds is 4. The predicted octanol–water partition coefficient (Wildman–Crippen LogP) is 1.08. The zero-order chi connectivity index (χ0) is 13.8. The van der Waals surface area contributed by atoms with E-state index in [1.165, 1.54) is 12.1 Å². The molecule has 6 heteroatoms. The number of β-amino-alcohol motifs (C(OH)–C–C–N with tert-alkyl or cyclic N) is 2. The van der Waals surface area contributed by atoms with Crippen LogP contribution in [-0.2, 0) is 0 Å². The second-order valence-corrected chi connectivity index (χ2v) is 4.92. The minimum atomic E-state index is -0.773. The lowest BCUT2D eigenvalue weighted by Crippen LogP contribution is -2.40. The second kappa shape index (κ2) is 6.10. The molecule has 1 aromatic rings. The van der Waals surface area contributed by atoms with E-state index in [0.717, 1.165) is 19.4 Å². The van der Waals surface area contributed by atoms with Crippen LogP contribution in [0.3, 0.4) is 0 Å². The lowest BCUT2D eigenvalue weighted by molar-refractivity contribution is -0.385. The molecule has 19 heavy (non-hydrogen) atoms. The van der Waals surface area contributed by atoms with Crippen molar-refractivity contribution in [2.24, 2.45) is 0 Å². The SMILES string of the molecule is O=[N+]([O-])c1cccc(C(O)CN2CCCC(O)C2)c1. The number of aliphatic hydroxyl groups excluding tert-OH is 2. The summed E-state index contributed by atoms with van der Waals surface area (Å²) in [4.78, 5) is 12.2. The summed E-state index contributed by atoms with van der Waals surface area (Å²) in [6.07, 6.45) is 0.586. The van der Waals surface area contributed by atoms with Crippen LogP contribution in [0.5, 0.6) is 0 Å². The topological polar surface area (TPSA) is 86.8 Å². The van der Waals surface area contributed by atoms with E-state index in [2.05, 4.69) is 0 Å². The average molecular weight is 266 g/mol. The zero-order valence-corrected chi connectivity index (χ0v) is 10.6. The van der Waals surface area contributed by atoms with Crippen LogP contribution < -0.4 is 0 Å². The molecule has 1 heterocycles. The zero-order valence-electron chi connectivity index (χ0n) is 10.6. The molecule has 2 N–H and O–H groups in total. The standard InChI is InChI=1S/C13H18N2O4/c16-12-5-2-6-14(8-12)9-13(17)10-3-1-4-11(7-10)15(18)19/h1,3-4,7,12-13,16-17H,2,5-6,8-9H2. The third-order valence-corrected chi connectivity index (χ3v) is 3.38. The minimum Gasteiger partial charge on any atom is -0.392 e. The number of aliphatic hydroxyl groups is 2. The Morgan fingerprint density at radius 3 is 3.00 bits per heavy atom. The van der Waals surface area contributed by atoms with Crippen LogP contribution in [-0.4, -0.2) is 45.8 Å². The Bertz CT molecular complexity index is 452. The highest BCUT2D eigenvalue weighted by atomic mass is 16.6. The van der Waals surface area contributed by atoms with Gasteiger partial charge in [-0.2, -0.15) is 0 Å². The van der Waals surface area contributed by atoms with E-state index in [-0.39, 0.29) is 11.8 Å². The molecule has 0 spiro atoms. The van der Waals surface area contributed by atoms with E-state index in [4.69, 9.17) is 0 Å². The minimum absolute atomic E-state index is 0.0183. The van der Waals surface area contributed by atoms with Gasteiger partial charge in [0.05, 0.1) is 17.1 Å². The van der Waals surface area contributed by atoms with Gasteiger partial charge in [0.15, 0.2) is 0 Å². The maximum atomic E-state index is 10.7. The molecule has 1 aromatic carbocycles. The van der Waals surface area contributed by atoms with Crippen molar-refractivity contribution in [3.63, 3.8) is 0 Å². The number of likely N-dealkylation sites (tertiary alicyclic amines) is 1. The molecule has 0 aliphatic carbocycles. The predicted molar refractivity (Wildman–Crippen MR) is 69.7 cm³/mol. The van der Waals surface area contributed by atoms with Gasteiger partial charge in [-0.15, -0.1) is 0 Å². The Morgan fingerprint density at radius 1 is 1.53 bits per heavy atom. The van der Waals surface area contributed by atoms with Crippen LogP contribution in [0.1, 0.15) is 24.5 Å². The van der Waals surface area contributed by atoms with Crippen LogP contribution in [0.4, 0.5) is 5.69 Å². The van der Waals surface area contributed by atoms with Crippen molar-refractivity contribution in [1.82, 2.24) is 4.90 Å². The molecule has 2 unspecified atom stereocenters. The first-order chi connectivity index (χ1) is 9.06. The van der Waals surface area contributed by atoms with Crippen molar-refractivity contribution < 1.29 is 15.1 Å². The van der Waals surface area contributed by atoms with Gasteiger partial charge >= 0.3 is 0 Å². The lowest BCUT2D eigenvalue weighted by atomic mass is 10.0. The Labute approximate surface area is 111 Å². The van der Waals surface area contributed by atoms with Gasteiger partial charge in [-0.05, 0) is 24.9 Å². The van der Waals surface area contributed by atoms with Crippen molar-refractivity contribution in [1.29, 1.82) is 0 Å². The monoisotopic (exact) mass is 266 g/mol. The van der Waals surface area contributed by atoms with E-state index in [1.807, 2.05) is 4.90 Å². The first-order valence-corrected chi connectivity index (χ1v) is 6.39. The molecule has 2 rings (SSSR count). The quantitative estimate of drug-likeness (QED) is 0.629. The number of benzene rings is 1. The van der Waals surface area contributed by atoms with Gasteiger partial charge in [0, 0.05) is 25.2 Å². The largest absolute Gasteiger partial charge is 0.392 e. The molecule has 1 aliphatic rings. The van der Waals surface area contributed by atoms with Crippen molar-refractivity contribution in [2.75, 3.05) is 19.6 Å². The number of nitro benzene ring substituents is 1. The van der Waals surface area contributed by atoms with E-state index in [1.54, 1.807) is 12.1 Å². The number of piperidine rings is 1. The van der Waals surface area contributed by atoms with Gasteiger partial charge < -0.3 is 10.2 Å². The molecular weight excluding hydrogens is 248 g/mol. The smallest absolute Gasteiger partial charge is 0.269 e. The summed E-state index contributed by atoms with van der Waals surface area (Å²) in [5.74, 6) is 0. The van der Waals surface area contributed by atoms with E-state index in [0.29, 0.717) is 18.7 Å². The number of hydrogen-bond donors (Lipinski definition) is 2. The molecule has 0 aromatic heterocycles. The fourth-order valence-corrected chi connectivity index (χ4v) is 2.39. The fraction of sp³-hybridized carbons (Fsp3) is 0.538. The van der Waals surface area contributed by atoms with Crippen molar-refractivity contribution in [3.8, 4) is 0 Å². The molecule has 1 aliphatic heterocycles. The summed E-state index contributed by atoms with van der Waals surface area (Å²) in [6.45, 7) is 1.77. The fourth-order valence-electron chi connectivity index (χ4n) is 2.39. The van der Waals surface area contributed by atoms with Gasteiger partial charge in [-0.25, -0.2) is 0 Å². The molecule has 1 fully saturated rings. The van der Waals surface area contributed by atoms with Crippen molar-refractivity contribution in [2.45, 2.75) is 25.0 Å². The van der Waals surface area contributed by atoms with Crippen LogP contribution in [0, 0.1) is 10.1 Å². The Balaban J connectivity index is 2.01.